The van der Waals surface area contributed by atoms with E-state index in [2.05, 4.69) is 16.3 Å². The van der Waals surface area contributed by atoms with Crippen LogP contribution in [-0.4, -0.2) is 24.5 Å². The first kappa shape index (κ1) is 20.6. The Morgan fingerprint density at radius 3 is 2.59 bits per heavy atom. The molecule has 7 heteroatoms. The Kier molecular flexibility index (Phi) is 5.37. The highest BCUT2D eigenvalue weighted by Crippen LogP contribution is 2.36. The summed E-state index contributed by atoms with van der Waals surface area (Å²) in [6.45, 7) is 0.835. The minimum Gasteiger partial charge on any atom is -0.497 e. The molecule has 4 aromatic rings. The van der Waals surface area contributed by atoms with Gasteiger partial charge in [-0.05, 0) is 72.6 Å². The largest absolute Gasteiger partial charge is 0.497 e. The predicted molar refractivity (Wildman–Crippen MR) is 130 cm³/mol. The van der Waals surface area contributed by atoms with Crippen LogP contribution >= 0.6 is 23.2 Å². The molecule has 0 unspecified atom stereocenters. The number of nitrogens with one attached hydrogen (secondary N) is 1. The molecule has 1 aliphatic rings. The second kappa shape index (κ2) is 8.34. The molecule has 32 heavy (non-hydrogen) atoms. The highest BCUT2D eigenvalue weighted by atomic mass is 35.5. The lowest BCUT2D eigenvalue weighted by atomic mass is 10.1. The number of aromatic nitrogens is 1. The van der Waals surface area contributed by atoms with E-state index in [0.29, 0.717) is 21.3 Å². The van der Waals surface area contributed by atoms with Crippen LogP contribution in [0, 0.1) is 0 Å². The fraction of sp³-hybridized carbons (Fsp3) is 0.120. The fourth-order valence-corrected chi connectivity index (χ4v) is 4.35. The maximum atomic E-state index is 12.6. The molecular formula is C25H19Cl2N3O2. The average molecular weight is 464 g/mol. The van der Waals surface area contributed by atoms with Crippen molar-refractivity contribution in [2.24, 2.45) is 0 Å². The normalized spacial score (nSPS) is 12.7. The summed E-state index contributed by atoms with van der Waals surface area (Å²) in [6, 6.07) is 20.6. The van der Waals surface area contributed by atoms with Crippen molar-refractivity contribution >= 4 is 57.2 Å². The van der Waals surface area contributed by atoms with Gasteiger partial charge in [0.25, 0.3) is 5.91 Å². The second-order valence-corrected chi connectivity index (χ2v) is 8.40. The number of nitrogens with zero attached hydrogens (tertiary/aromatic N) is 2. The Balaban J connectivity index is 1.39. The van der Waals surface area contributed by atoms with Crippen LogP contribution in [0.2, 0.25) is 10.0 Å². The number of halogens is 2. The number of ether oxygens (including phenoxy) is 1. The number of amides is 1. The van der Waals surface area contributed by atoms with Crippen LogP contribution in [0.4, 0.5) is 17.2 Å². The number of pyridine rings is 1. The molecule has 5 nitrogen and oxygen atoms in total. The summed E-state index contributed by atoms with van der Waals surface area (Å²) in [4.78, 5) is 19.7. The molecule has 1 aromatic heterocycles. The maximum absolute atomic E-state index is 12.6. The minimum atomic E-state index is -0.237. The van der Waals surface area contributed by atoms with E-state index < -0.39 is 0 Å². The number of carbonyl (C=O) groups excluding carboxylic acids is 1. The van der Waals surface area contributed by atoms with Crippen LogP contribution < -0.4 is 15.0 Å². The second-order valence-electron chi connectivity index (χ2n) is 7.56. The summed E-state index contributed by atoms with van der Waals surface area (Å²) in [7, 11) is 1.65. The average Bonchev–Trinajstić information content (AvgIpc) is 3.21. The van der Waals surface area contributed by atoms with Crippen molar-refractivity contribution < 1.29 is 9.53 Å². The Hall–Kier alpha value is -3.28. The van der Waals surface area contributed by atoms with Crippen molar-refractivity contribution in [3.63, 3.8) is 0 Å². The first-order valence-electron chi connectivity index (χ1n) is 10.1. The van der Waals surface area contributed by atoms with Crippen molar-refractivity contribution in [2.75, 3.05) is 23.9 Å². The third-order valence-corrected chi connectivity index (χ3v) is 6.11. The number of benzene rings is 3. The molecule has 0 spiro atoms. The first-order chi connectivity index (χ1) is 15.5. The first-order valence-corrected chi connectivity index (χ1v) is 10.9. The summed E-state index contributed by atoms with van der Waals surface area (Å²) < 4.78 is 5.34. The van der Waals surface area contributed by atoms with Gasteiger partial charge in [-0.25, -0.2) is 4.98 Å². The molecule has 0 saturated carbocycles. The van der Waals surface area contributed by atoms with Crippen LogP contribution in [0.1, 0.15) is 15.9 Å². The number of anilines is 3. The molecule has 3 aromatic carbocycles. The molecule has 1 amide bonds. The highest BCUT2D eigenvalue weighted by Gasteiger charge is 2.23. The molecule has 2 heterocycles. The van der Waals surface area contributed by atoms with E-state index in [1.54, 1.807) is 37.4 Å². The van der Waals surface area contributed by atoms with E-state index in [1.807, 2.05) is 30.3 Å². The van der Waals surface area contributed by atoms with Crippen molar-refractivity contribution in [2.45, 2.75) is 6.42 Å². The van der Waals surface area contributed by atoms with Crippen molar-refractivity contribution in [1.29, 1.82) is 0 Å². The molecule has 0 fully saturated rings. The number of rotatable bonds is 4. The van der Waals surface area contributed by atoms with E-state index in [9.17, 15) is 4.79 Å². The summed E-state index contributed by atoms with van der Waals surface area (Å²) in [5.41, 5.74) is 4.15. The molecule has 0 atom stereocenters. The summed E-state index contributed by atoms with van der Waals surface area (Å²) in [5.74, 6) is 1.49. The molecule has 0 aliphatic carbocycles. The van der Waals surface area contributed by atoms with E-state index in [-0.39, 0.29) is 5.91 Å². The standard InChI is InChI=1S/C25H19Cl2N3O2/c1-32-20-8-4-16-12-17-10-11-30(24(17)28-23(16)14-20)19-6-2-15(3-7-19)25(31)29-22-9-5-18(26)13-21(22)27/h2-9,12-14H,10-11H2,1H3,(H,29,31). The Morgan fingerprint density at radius 2 is 1.84 bits per heavy atom. The van der Waals surface area contributed by atoms with E-state index in [1.165, 1.54) is 5.56 Å². The van der Waals surface area contributed by atoms with Gasteiger partial charge >= 0.3 is 0 Å². The lowest BCUT2D eigenvalue weighted by molar-refractivity contribution is 0.102. The van der Waals surface area contributed by atoms with Crippen LogP contribution in [0.15, 0.2) is 66.7 Å². The van der Waals surface area contributed by atoms with Gasteiger partial charge in [0.15, 0.2) is 0 Å². The van der Waals surface area contributed by atoms with Gasteiger partial charge < -0.3 is 15.0 Å². The summed E-state index contributed by atoms with van der Waals surface area (Å²) >= 11 is 12.1. The molecule has 1 aliphatic heterocycles. The smallest absolute Gasteiger partial charge is 0.255 e. The molecular weight excluding hydrogens is 445 g/mol. The summed E-state index contributed by atoms with van der Waals surface area (Å²) in [6.07, 6.45) is 0.918. The van der Waals surface area contributed by atoms with Gasteiger partial charge in [-0.1, -0.05) is 23.2 Å². The zero-order valence-electron chi connectivity index (χ0n) is 17.2. The topological polar surface area (TPSA) is 54.5 Å². The van der Waals surface area contributed by atoms with Gasteiger partial charge in [0.1, 0.15) is 11.6 Å². The number of hydrogen-bond acceptors (Lipinski definition) is 4. The molecule has 1 N–H and O–H groups in total. The molecule has 5 rings (SSSR count). The lowest BCUT2D eigenvalue weighted by Crippen LogP contribution is -2.15. The SMILES string of the molecule is COc1ccc2cc3c(nc2c1)N(c1ccc(C(=O)Nc2ccc(Cl)cc2Cl)cc1)CC3. The van der Waals surface area contributed by atoms with Crippen LogP contribution in [0.5, 0.6) is 5.75 Å². The zero-order valence-corrected chi connectivity index (χ0v) is 18.7. The monoisotopic (exact) mass is 463 g/mol. The Bertz CT molecular complexity index is 1340. The van der Waals surface area contributed by atoms with Gasteiger partial charge in [-0.15, -0.1) is 0 Å². The van der Waals surface area contributed by atoms with Crippen LogP contribution in [-0.2, 0) is 6.42 Å². The van der Waals surface area contributed by atoms with Crippen LogP contribution in [0.25, 0.3) is 10.9 Å². The van der Waals surface area contributed by atoms with E-state index in [0.717, 1.165) is 41.1 Å². The summed E-state index contributed by atoms with van der Waals surface area (Å²) in [5, 5.41) is 4.83. The van der Waals surface area contributed by atoms with Crippen molar-refractivity contribution in [3.05, 3.63) is 87.9 Å². The molecule has 0 radical (unpaired) electrons. The van der Waals surface area contributed by atoms with Crippen molar-refractivity contribution in [1.82, 2.24) is 4.98 Å². The number of fused-ring (bicyclic) bond motifs is 2. The van der Waals surface area contributed by atoms with Crippen molar-refractivity contribution in [3.8, 4) is 5.75 Å². The minimum absolute atomic E-state index is 0.237. The Labute approximate surface area is 195 Å². The van der Waals surface area contributed by atoms with Gasteiger partial charge in [0.05, 0.1) is 23.3 Å². The number of methoxy groups -OCH3 is 1. The highest BCUT2D eigenvalue weighted by molar-refractivity contribution is 6.36. The number of carbonyl (C=O) groups is 1. The third kappa shape index (κ3) is 3.85. The molecule has 160 valence electrons. The lowest BCUT2D eigenvalue weighted by Gasteiger charge is -2.19. The van der Waals surface area contributed by atoms with E-state index in [4.69, 9.17) is 32.9 Å². The Morgan fingerprint density at radius 1 is 1.03 bits per heavy atom. The van der Waals surface area contributed by atoms with Gasteiger partial charge in [-0.2, -0.15) is 0 Å². The zero-order chi connectivity index (χ0) is 22.2. The number of hydrogen-bond donors (Lipinski definition) is 1. The molecule has 0 saturated heterocycles. The quantitative estimate of drug-likeness (QED) is 0.375. The fourth-order valence-electron chi connectivity index (χ4n) is 3.89. The van der Waals surface area contributed by atoms with Gasteiger partial charge in [0, 0.05) is 34.3 Å². The van der Waals surface area contributed by atoms with Crippen LogP contribution in [0.3, 0.4) is 0 Å². The predicted octanol–water partition coefficient (Wildman–Crippen LogP) is 6.50. The maximum Gasteiger partial charge on any atom is 0.255 e. The third-order valence-electron chi connectivity index (χ3n) is 5.56. The molecule has 0 bridgehead atoms. The van der Waals surface area contributed by atoms with Gasteiger partial charge in [-0.3, -0.25) is 4.79 Å². The van der Waals surface area contributed by atoms with E-state index >= 15 is 0 Å². The van der Waals surface area contributed by atoms with Gasteiger partial charge in [0.2, 0.25) is 0 Å².